The van der Waals surface area contributed by atoms with Crippen molar-refractivity contribution in [1.29, 1.82) is 0 Å². The zero-order valence-corrected chi connectivity index (χ0v) is 12.1. The van der Waals surface area contributed by atoms with Crippen molar-refractivity contribution in [2.24, 2.45) is 0 Å². The van der Waals surface area contributed by atoms with Gasteiger partial charge in [-0.1, -0.05) is 26.0 Å². The molecule has 1 N–H and O–H groups in total. The minimum absolute atomic E-state index is 0.135. The molecule has 0 bridgehead atoms. The molecular weight excluding hydrogens is 236 g/mol. The summed E-state index contributed by atoms with van der Waals surface area (Å²) in [5.74, 6) is 0.589. The molecule has 1 atom stereocenters. The third-order valence-corrected chi connectivity index (χ3v) is 3.94. The molecule has 1 aromatic carbocycles. The molecule has 1 heterocycles. The standard InChI is InChI=1S/C16H24N2O/c1-12(2)13-6-4-7-14(10-13)16(19)18(3)15-8-5-9-17-11-15/h4,6-7,10,12,15,17H,5,8-9,11H2,1-3H3/t15-/m1/s1. The molecule has 1 saturated heterocycles. The molecule has 1 fully saturated rings. The molecule has 0 unspecified atom stereocenters. The van der Waals surface area contributed by atoms with Crippen molar-refractivity contribution >= 4 is 5.91 Å². The van der Waals surface area contributed by atoms with Gasteiger partial charge in [-0.25, -0.2) is 0 Å². The lowest BCUT2D eigenvalue weighted by atomic mass is 9.99. The summed E-state index contributed by atoms with van der Waals surface area (Å²) in [7, 11) is 1.92. The Morgan fingerprint density at radius 3 is 2.84 bits per heavy atom. The Morgan fingerprint density at radius 1 is 1.42 bits per heavy atom. The predicted molar refractivity (Wildman–Crippen MR) is 78.5 cm³/mol. The fourth-order valence-electron chi connectivity index (χ4n) is 2.56. The number of nitrogens with one attached hydrogen (secondary N) is 1. The van der Waals surface area contributed by atoms with E-state index in [1.54, 1.807) is 0 Å². The van der Waals surface area contributed by atoms with Crippen molar-refractivity contribution in [2.75, 3.05) is 20.1 Å². The second kappa shape index (κ2) is 6.20. The van der Waals surface area contributed by atoms with Crippen molar-refractivity contribution in [3.8, 4) is 0 Å². The number of carbonyl (C=O) groups excluding carboxylic acids is 1. The molecule has 0 aliphatic carbocycles. The first-order valence-corrected chi connectivity index (χ1v) is 7.17. The summed E-state index contributed by atoms with van der Waals surface area (Å²) in [6, 6.07) is 8.34. The molecule has 0 radical (unpaired) electrons. The lowest BCUT2D eigenvalue weighted by Crippen LogP contribution is -2.46. The summed E-state index contributed by atoms with van der Waals surface area (Å²) in [4.78, 5) is 14.4. The Balaban J connectivity index is 2.11. The van der Waals surface area contributed by atoms with Crippen LogP contribution >= 0.6 is 0 Å². The van der Waals surface area contributed by atoms with E-state index in [4.69, 9.17) is 0 Å². The number of likely N-dealkylation sites (N-methyl/N-ethyl adjacent to an activating group) is 1. The first-order chi connectivity index (χ1) is 9.09. The summed E-state index contributed by atoms with van der Waals surface area (Å²) in [5.41, 5.74) is 2.03. The van der Waals surface area contributed by atoms with E-state index in [-0.39, 0.29) is 5.91 Å². The lowest BCUT2D eigenvalue weighted by Gasteiger charge is -2.31. The van der Waals surface area contributed by atoms with Crippen LogP contribution in [-0.4, -0.2) is 37.0 Å². The first kappa shape index (κ1) is 14.1. The highest BCUT2D eigenvalue weighted by atomic mass is 16.2. The SMILES string of the molecule is CC(C)c1cccc(C(=O)N(C)[C@@H]2CCCNC2)c1. The normalized spacial score (nSPS) is 19.5. The molecule has 0 spiro atoms. The topological polar surface area (TPSA) is 32.3 Å². The second-order valence-corrected chi connectivity index (χ2v) is 5.70. The van der Waals surface area contributed by atoms with Crippen LogP contribution in [0.1, 0.15) is 48.5 Å². The van der Waals surface area contributed by atoms with Crippen LogP contribution < -0.4 is 5.32 Å². The number of carbonyl (C=O) groups is 1. The third kappa shape index (κ3) is 3.35. The number of piperidine rings is 1. The van der Waals surface area contributed by atoms with Gasteiger partial charge in [-0.05, 0) is 43.0 Å². The lowest BCUT2D eigenvalue weighted by molar-refractivity contribution is 0.0708. The number of amides is 1. The van der Waals surface area contributed by atoms with Gasteiger partial charge >= 0.3 is 0 Å². The molecule has 0 saturated carbocycles. The molecule has 1 aliphatic heterocycles. The summed E-state index contributed by atoms with van der Waals surface area (Å²) in [6.07, 6.45) is 2.24. The molecular formula is C16H24N2O. The molecule has 1 aromatic rings. The van der Waals surface area contributed by atoms with Gasteiger partial charge in [0.05, 0.1) is 0 Å². The van der Waals surface area contributed by atoms with E-state index >= 15 is 0 Å². The van der Waals surface area contributed by atoms with E-state index in [0.717, 1.165) is 31.5 Å². The molecule has 3 heteroatoms. The number of rotatable bonds is 3. The third-order valence-electron chi connectivity index (χ3n) is 3.94. The highest BCUT2D eigenvalue weighted by Crippen LogP contribution is 2.18. The Morgan fingerprint density at radius 2 is 2.21 bits per heavy atom. The van der Waals surface area contributed by atoms with Crippen LogP contribution in [0.3, 0.4) is 0 Å². The van der Waals surface area contributed by atoms with E-state index in [0.29, 0.717) is 12.0 Å². The van der Waals surface area contributed by atoms with E-state index in [9.17, 15) is 4.79 Å². The van der Waals surface area contributed by atoms with Gasteiger partial charge in [0, 0.05) is 25.2 Å². The summed E-state index contributed by atoms with van der Waals surface area (Å²) < 4.78 is 0. The van der Waals surface area contributed by atoms with E-state index in [1.165, 1.54) is 5.56 Å². The van der Waals surface area contributed by atoms with E-state index in [2.05, 4.69) is 25.2 Å². The van der Waals surface area contributed by atoms with E-state index in [1.807, 2.05) is 30.1 Å². The van der Waals surface area contributed by atoms with Crippen LogP contribution in [-0.2, 0) is 0 Å². The zero-order chi connectivity index (χ0) is 13.8. The summed E-state index contributed by atoms with van der Waals surface area (Å²) >= 11 is 0. The maximum absolute atomic E-state index is 12.5. The Labute approximate surface area is 116 Å². The van der Waals surface area contributed by atoms with Crippen LogP contribution in [0.4, 0.5) is 0 Å². The van der Waals surface area contributed by atoms with Crippen LogP contribution in [0, 0.1) is 0 Å². The van der Waals surface area contributed by atoms with E-state index < -0.39 is 0 Å². The second-order valence-electron chi connectivity index (χ2n) is 5.70. The fraction of sp³-hybridized carbons (Fsp3) is 0.562. The van der Waals surface area contributed by atoms with Gasteiger partial charge in [-0.3, -0.25) is 4.79 Å². The van der Waals surface area contributed by atoms with Crippen LogP contribution in [0.25, 0.3) is 0 Å². The van der Waals surface area contributed by atoms with Crippen molar-refractivity contribution in [2.45, 2.75) is 38.6 Å². The van der Waals surface area contributed by atoms with Gasteiger partial charge in [0.2, 0.25) is 0 Å². The van der Waals surface area contributed by atoms with Gasteiger partial charge in [-0.15, -0.1) is 0 Å². The molecule has 104 valence electrons. The summed E-state index contributed by atoms with van der Waals surface area (Å²) in [5, 5.41) is 3.36. The van der Waals surface area contributed by atoms with Crippen LogP contribution in [0.5, 0.6) is 0 Å². The Bertz CT molecular complexity index is 436. The van der Waals surface area contributed by atoms with Gasteiger partial charge in [0.1, 0.15) is 0 Å². The molecule has 3 nitrogen and oxygen atoms in total. The Kier molecular flexibility index (Phi) is 4.59. The smallest absolute Gasteiger partial charge is 0.253 e. The average molecular weight is 260 g/mol. The number of hydrogen-bond acceptors (Lipinski definition) is 2. The maximum atomic E-state index is 12.5. The van der Waals surface area contributed by atoms with Crippen molar-refractivity contribution in [3.63, 3.8) is 0 Å². The molecule has 1 amide bonds. The summed E-state index contributed by atoms with van der Waals surface area (Å²) in [6.45, 7) is 6.28. The zero-order valence-electron chi connectivity index (χ0n) is 12.1. The molecule has 19 heavy (non-hydrogen) atoms. The van der Waals surface area contributed by atoms with Crippen molar-refractivity contribution in [1.82, 2.24) is 10.2 Å². The molecule has 1 aliphatic rings. The quantitative estimate of drug-likeness (QED) is 0.906. The first-order valence-electron chi connectivity index (χ1n) is 7.17. The van der Waals surface area contributed by atoms with Gasteiger partial charge in [0.25, 0.3) is 5.91 Å². The minimum Gasteiger partial charge on any atom is -0.337 e. The highest BCUT2D eigenvalue weighted by Gasteiger charge is 2.22. The molecule has 2 rings (SSSR count). The fourth-order valence-corrected chi connectivity index (χ4v) is 2.56. The average Bonchev–Trinajstić information content (AvgIpc) is 2.46. The predicted octanol–water partition coefficient (Wildman–Crippen LogP) is 2.63. The van der Waals surface area contributed by atoms with Gasteiger partial charge in [0.15, 0.2) is 0 Å². The van der Waals surface area contributed by atoms with Crippen LogP contribution in [0.2, 0.25) is 0 Å². The van der Waals surface area contributed by atoms with Gasteiger partial charge in [-0.2, -0.15) is 0 Å². The Hall–Kier alpha value is -1.35. The van der Waals surface area contributed by atoms with Crippen molar-refractivity contribution < 1.29 is 4.79 Å². The number of benzene rings is 1. The monoisotopic (exact) mass is 260 g/mol. The van der Waals surface area contributed by atoms with Crippen LogP contribution in [0.15, 0.2) is 24.3 Å². The molecule has 0 aromatic heterocycles. The number of nitrogens with zero attached hydrogens (tertiary/aromatic N) is 1. The largest absolute Gasteiger partial charge is 0.337 e. The van der Waals surface area contributed by atoms with Gasteiger partial charge < -0.3 is 10.2 Å². The number of hydrogen-bond donors (Lipinski definition) is 1. The highest BCUT2D eigenvalue weighted by molar-refractivity contribution is 5.94. The minimum atomic E-state index is 0.135. The van der Waals surface area contributed by atoms with Crippen molar-refractivity contribution in [3.05, 3.63) is 35.4 Å². The maximum Gasteiger partial charge on any atom is 0.253 e.